The molecule has 2 aliphatic carbocycles. The third-order valence-electron chi connectivity index (χ3n) is 24.0. The minimum absolute atomic E-state index is 0.109. The topological polar surface area (TPSA) is 59.0 Å². The molecule has 0 aliphatic heterocycles. The number of rotatable bonds is 10. The summed E-state index contributed by atoms with van der Waals surface area (Å²) >= 11 is 0. The maximum atomic E-state index is 6.46. The summed E-state index contributed by atoms with van der Waals surface area (Å²) in [6.07, 6.45) is 0. The molecule has 0 bridgehead atoms. The van der Waals surface area contributed by atoms with E-state index in [1.807, 2.05) is 48.5 Å². The molecular formula is C106H72N2O4. The van der Waals surface area contributed by atoms with Gasteiger partial charge < -0.3 is 27.5 Å². The molecule has 0 unspecified atom stereocenters. The highest BCUT2D eigenvalue weighted by atomic mass is 16.3. The van der Waals surface area contributed by atoms with Crippen LogP contribution in [0.15, 0.2) is 382 Å². The van der Waals surface area contributed by atoms with Crippen molar-refractivity contribution < 1.29 is 17.7 Å². The van der Waals surface area contributed by atoms with Crippen molar-refractivity contribution in [3.8, 4) is 66.8 Å². The average molecular weight is 1440 g/mol. The molecule has 0 radical (unpaired) electrons. The van der Waals surface area contributed by atoms with E-state index in [1.54, 1.807) is 0 Å². The zero-order valence-corrected chi connectivity index (χ0v) is 62.2. The zero-order chi connectivity index (χ0) is 74.5. The van der Waals surface area contributed by atoms with Crippen molar-refractivity contribution >= 4 is 133 Å². The highest BCUT2D eigenvalue weighted by molar-refractivity contribution is 6.14. The lowest BCUT2D eigenvalue weighted by Gasteiger charge is -2.29. The lowest BCUT2D eigenvalue weighted by Crippen LogP contribution is -2.16. The van der Waals surface area contributed by atoms with Crippen LogP contribution < -0.4 is 9.80 Å². The lowest BCUT2D eigenvalue weighted by atomic mass is 9.82. The summed E-state index contributed by atoms with van der Waals surface area (Å²) in [6, 6.07) is 131. The minimum atomic E-state index is -0.134. The molecule has 2 aliphatic rings. The number of anilines is 6. The number of benzene rings is 17. The molecule has 0 spiro atoms. The van der Waals surface area contributed by atoms with Gasteiger partial charge in [0.15, 0.2) is 0 Å². The molecule has 17 aromatic carbocycles. The van der Waals surface area contributed by atoms with Gasteiger partial charge in [0.05, 0.1) is 5.69 Å². The van der Waals surface area contributed by atoms with Crippen molar-refractivity contribution in [1.29, 1.82) is 0 Å². The summed E-state index contributed by atoms with van der Waals surface area (Å²) in [6.45, 7) is 9.38. The minimum Gasteiger partial charge on any atom is -0.456 e. The van der Waals surface area contributed by atoms with Crippen LogP contribution in [-0.2, 0) is 10.8 Å². The Morgan fingerprint density at radius 2 is 0.518 bits per heavy atom. The molecule has 0 fully saturated rings. The smallest absolute Gasteiger partial charge is 0.143 e. The Morgan fingerprint density at radius 1 is 0.188 bits per heavy atom. The first kappa shape index (κ1) is 64.9. The second-order valence-electron chi connectivity index (χ2n) is 31.0. The highest BCUT2D eigenvalue weighted by Crippen LogP contribution is 2.54. The van der Waals surface area contributed by atoms with E-state index in [0.29, 0.717) is 0 Å². The summed E-state index contributed by atoms with van der Waals surface area (Å²) in [4.78, 5) is 4.81. The van der Waals surface area contributed by atoms with E-state index in [0.717, 1.165) is 161 Å². The Labute approximate surface area is 647 Å². The van der Waals surface area contributed by atoms with Gasteiger partial charge in [-0.1, -0.05) is 276 Å². The van der Waals surface area contributed by atoms with Gasteiger partial charge in [-0.25, -0.2) is 0 Å². The molecule has 21 aromatic rings. The Hall–Kier alpha value is -14.2. The van der Waals surface area contributed by atoms with Crippen LogP contribution >= 0.6 is 0 Å². The fourth-order valence-electron chi connectivity index (χ4n) is 18.4. The van der Waals surface area contributed by atoms with E-state index in [2.05, 4.69) is 353 Å². The van der Waals surface area contributed by atoms with Gasteiger partial charge in [0, 0.05) is 98.9 Å². The molecule has 4 aromatic heterocycles. The monoisotopic (exact) mass is 1440 g/mol. The molecule has 0 atom stereocenters. The molecule has 6 nitrogen and oxygen atoms in total. The summed E-state index contributed by atoms with van der Waals surface area (Å²) in [5.74, 6) is 0. The van der Waals surface area contributed by atoms with Crippen LogP contribution in [0, 0.1) is 0 Å². The van der Waals surface area contributed by atoms with Gasteiger partial charge >= 0.3 is 0 Å². The third kappa shape index (κ3) is 10.3. The lowest BCUT2D eigenvalue weighted by molar-refractivity contribution is 0.660. The second-order valence-corrected chi connectivity index (χ2v) is 31.0. The van der Waals surface area contributed by atoms with Gasteiger partial charge in [-0.2, -0.15) is 0 Å². The van der Waals surface area contributed by atoms with Crippen molar-refractivity contribution in [2.75, 3.05) is 9.80 Å². The van der Waals surface area contributed by atoms with E-state index < -0.39 is 0 Å². The number of hydrogen-bond donors (Lipinski definition) is 0. The Balaban J connectivity index is 0.000000138. The first-order valence-corrected chi connectivity index (χ1v) is 38.6. The molecule has 530 valence electrons. The van der Waals surface area contributed by atoms with E-state index in [4.69, 9.17) is 17.7 Å². The maximum absolute atomic E-state index is 6.46. The summed E-state index contributed by atoms with van der Waals surface area (Å²) in [7, 11) is 0. The van der Waals surface area contributed by atoms with Gasteiger partial charge in [-0.15, -0.1) is 0 Å². The van der Waals surface area contributed by atoms with Crippen LogP contribution in [0.2, 0.25) is 0 Å². The van der Waals surface area contributed by atoms with Crippen LogP contribution in [0.4, 0.5) is 34.1 Å². The molecular weight excluding hydrogens is 1370 g/mol. The Morgan fingerprint density at radius 3 is 1.02 bits per heavy atom. The normalized spacial score (nSPS) is 13.1. The standard InChI is InChI=1S/C55H37NO2.C51H35NO2/c1-55(2)48-19-8-5-13-41(48)42-28-27-37(33-49(42)55)56(36-25-22-34(23-26-36)39-17-11-18-46-44-15-6-10-21-52(44)58-54(39)46)50-30-29-38(40-12-3-4-14-43(40)50)35-24-31-53-47(32-35)45-16-7-9-20-51(45)57-53;1-51(2)45-15-6-3-10-39(45)40-28-27-37(31-46(40)51)52(35-23-18-32(19-24-35)34-22-29-49-44(30-34)42-12-5-7-16-47(42)53-49)36-25-20-33(21-26-36)38-13-9-14-43-41-11-4-8-17-48(41)54-50(38)43/h3-33H,1-2H3;3-31H,1-2H3. The predicted octanol–water partition coefficient (Wildman–Crippen LogP) is 30.3. The van der Waals surface area contributed by atoms with Gasteiger partial charge in [-0.05, 0) is 199 Å². The summed E-state index contributed by atoms with van der Waals surface area (Å²) in [5.41, 5.74) is 33.4. The summed E-state index contributed by atoms with van der Waals surface area (Å²) < 4.78 is 25.2. The number of furan rings is 4. The van der Waals surface area contributed by atoms with Crippen LogP contribution in [0.25, 0.3) is 165 Å². The van der Waals surface area contributed by atoms with Crippen molar-refractivity contribution in [3.63, 3.8) is 0 Å². The van der Waals surface area contributed by atoms with Crippen molar-refractivity contribution in [2.45, 2.75) is 38.5 Å². The van der Waals surface area contributed by atoms with Crippen molar-refractivity contribution in [2.24, 2.45) is 0 Å². The van der Waals surface area contributed by atoms with Crippen LogP contribution in [-0.4, -0.2) is 0 Å². The van der Waals surface area contributed by atoms with E-state index in [-0.39, 0.29) is 10.8 Å². The zero-order valence-electron chi connectivity index (χ0n) is 62.2. The first-order chi connectivity index (χ1) is 55.0. The van der Waals surface area contributed by atoms with Gasteiger partial charge in [0.25, 0.3) is 0 Å². The third-order valence-corrected chi connectivity index (χ3v) is 24.0. The molecule has 0 saturated heterocycles. The van der Waals surface area contributed by atoms with E-state index in [9.17, 15) is 0 Å². The number of fused-ring (bicyclic) bond motifs is 19. The van der Waals surface area contributed by atoms with Crippen molar-refractivity contribution in [1.82, 2.24) is 0 Å². The molecule has 0 amide bonds. The number of nitrogens with zero attached hydrogens (tertiary/aromatic N) is 2. The van der Waals surface area contributed by atoms with Crippen molar-refractivity contribution in [3.05, 3.63) is 386 Å². The van der Waals surface area contributed by atoms with E-state index in [1.165, 1.54) is 60.8 Å². The quantitative estimate of drug-likeness (QED) is 0.136. The predicted molar refractivity (Wildman–Crippen MR) is 466 cm³/mol. The molecule has 23 rings (SSSR count). The number of para-hydroxylation sites is 6. The molecule has 6 heteroatoms. The first-order valence-electron chi connectivity index (χ1n) is 38.6. The fourth-order valence-corrected chi connectivity index (χ4v) is 18.4. The largest absolute Gasteiger partial charge is 0.456 e. The van der Waals surface area contributed by atoms with Crippen LogP contribution in [0.1, 0.15) is 49.9 Å². The number of hydrogen-bond acceptors (Lipinski definition) is 6. The summed E-state index contributed by atoms with van der Waals surface area (Å²) in [5, 5.41) is 11.4. The molecule has 0 N–H and O–H groups in total. The highest BCUT2D eigenvalue weighted by Gasteiger charge is 2.38. The van der Waals surface area contributed by atoms with Gasteiger partial charge in [0.1, 0.15) is 44.7 Å². The van der Waals surface area contributed by atoms with Crippen LogP contribution in [0.5, 0.6) is 0 Å². The fraction of sp³-hybridized carbons (Fsp3) is 0.0566. The molecule has 0 saturated carbocycles. The Bertz CT molecular complexity index is 7390. The Kier molecular flexibility index (Phi) is 14.6. The maximum Gasteiger partial charge on any atom is 0.143 e. The SMILES string of the molecule is CC1(C)c2ccccc2-c2ccc(N(c3ccc(-c4ccc5oc6ccccc6c5c4)cc3)c3ccc(-c4cccc5c4oc4ccccc45)cc3)cc21.CC1(C)c2ccccc2-c2ccc(N(c3ccc(-c4cccc5c4oc4ccccc45)cc3)c3ccc(-c4ccc5oc6ccccc6c5c4)c4ccccc34)cc21. The van der Waals surface area contributed by atoms with Gasteiger partial charge in [-0.3, -0.25) is 0 Å². The average Bonchev–Trinajstić information content (AvgIpc) is 1.59. The van der Waals surface area contributed by atoms with E-state index >= 15 is 0 Å². The molecule has 4 heterocycles. The second kappa shape index (κ2) is 25.2. The van der Waals surface area contributed by atoms with Crippen LogP contribution in [0.3, 0.4) is 0 Å². The molecule has 112 heavy (non-hydrogen) atoms. The van der Waals surface area contributed by atoms with Gasteiger partial charge in [0.2, 0.25) is 0 Å².